The molecule has 4 aromatic rings. The normalized spacial score (nSPS) is 17.1. The number of nitrogens with zero attached hydrogens (tertiary/aromatic N) is 2. The second kappa shape index (κ2) is 15.1. The van der Waals surface area contributed by atoms with Gasteiger partial charge in [-0.15, -0.1) is 0 Å². The summed E-state index contributed by atoms with van der Waals surface area (Å²) in [6.45, 7) is 8.02. The van der Waals surface area contributed by atoms with Crippen LogP contribution in [0.1, 0.15) is 59.3 Å². The molecule has 3 aromatic carbocycles. The number of hydrogen-bond acceptors (Lipinski definition) is 8. The van der Waals surface area contributed by atoms with E-state index < -0.39 is 21.7 Å². The fraction of sp³-hybridized carbons (Fsp3) is 0.457. The van der Waals surface area contributed by atoms with Gasteiger partial charge in [-0.1, -0.05) is 48.5 Å². The van der Waals surface area contributed by atoms with E-state index in [1.54, 1.807) is 12.1 Å². The van der Waals surface area contributed by atoms with Gasteiger partial charge in [0.1, 0.15) is 11.4 Å². The van der Waals surface area contributed by atoms with Crippen molar-refractivity contribution in [1.82, 2.24) is 20.0 Å². The summed E-state index contributed by atoms with van der Waals surface area (Å²) in [7, 11) is -3.60. The van der Waals surface area contributed by atoms with Crippen molar-refractivity contribution in [2.24, 2.45) is 11.8 Å². The summed E-state index contributed by atoms with van der Waals surface area (Å²) in [4.78, 5) is 21.7. The van der Waals surface area contributed by atoms with Gasteiger partial charge in [-0.25, -0.2) is 22.9 Å². The topological polar surface area (TPSA) is 134 Å². The van der Waals surface area contributed by atoms with Gasteiger partial charge in [0.05, 0.1) is 10.4 Å². The molecule has 1 heterocycles. The van der Waals surface area contributed by atoms with E-state index in [9.17, 15) is 13.2 Å². The highest BCUT2D eigenvalue weighted by Crippen LogP contribution is 2.30. The summed E-state index contributed by atoms with van der Waals surface area (Å²) in [5, 5.41) is 12.3. The van der Waals surface area contributed by atoms with E-state index in [0.29, 0.717) is 42.3 Å². The standard InChI is InChI=1S/C35H46N6O4S/c1-35(2,3)45-34(42)37-22-9-8-21-36-32-29-14-6-7-15-30(29)40-33(41-32)38-23-25-17-19-26(20-18-25)24-39-46(43,44)31-16-10-12-27-11-4-5-13-28(27)31/h4-7,10-16,25-26,39H,8-9,17-24H2,1-3H3,(H,37,42)(H2,36,38,40,41). The molecule has 1 amide bonds. The molecule has 0 saturated heterocycles. The number of unbranched alkanes of at least 4 members (excludes halogenated alkanes) is 1. The Morgan fingerprint density at radius 3 is 2.22 bits per heavy atom. The molecule has 0 bridgehead atoms. The Hall–Kier alpha value is -3.96. The van der Waals surface area contributed by atoms with Crippen molar-refractivity contribution in [2.45, 2.75) is 69.8 Å². The van der Waals surface area contributed by atoms with E-state index in [-0.39, 0.29) is 0 Å². The maximum Gasteiger partial charge on any atom is 0.407 e. The molecule has 1 aliphatic rings. The van der Waals surface area contributed by atoms with Gasteiger partial charge in [-0.2, -0.15) is 4.98 Å². The monoisotopic (exact) mass is 646 g/mol. The highest BCUT2D eigenvalue weighted by Gasteiger charge is 2.24. The van der Waals surface area contributed by atoms with Crippen molar-refractivity contribution in [3.8, 4) is 0 Å². The summed E-state index contributed by atoms with van der Waals surface area (Å²) < 4.78 is 34.5. The second-order valence-electron chi connectivity index (χ2n) is 13.1. The molecule has 1 saturated carbocycles. The number of aromatic nitrogens is 2. The maximum atomic E-state index is 13.2. The van der Waals surface area contributed by atoms with Crippen LogP contribution in [0.2, 0.25) is 0 Å². The first kappa shape index (κ1) is 33.4. The number of alkyl carbamates (subject to hydrolysis) is 1. The number of rotatable bonds is 13. The summed E-state index contributed by atoms with van der Waals surface area (Å²) in [5.74, 6) is 2.16. The number of carbonyl (C=O) groups is 1. The third-order valence-electron chi connectivity index (χ3n) is 8.28. The summed E-state index contributed by atoms with van der Waals surface area (Å²) in [5.41, 5.74) is 0.364. The molecular formula is C35H46N6O4S. The molecular weight excluding hydrogens is 600 g/mol. The SMILES string of the molecule is CC(C)(C)OC(=O)NCCCCNc1nc(NCC2CCC(CNS(=O)(=O)c3cccc4ccccc34)CC2)nc2ccccc12. The average Bonchev–Trinajstić information content (AvgIpc) is 3.03. The van der Waals surface area contributed by atoms with E-state index in [1.807, 2.05) is 75.4 Å². The molecule has 0 aliphatic heterocycles. The zero-order valence-corrected chi connectivity index (χ0v) is 27.8. The van der Waals surface area contributed by atoms with E-state index in [4.69, 9.17) is 14.7 Å². The fourth-order valence-corrected chi connectivity index (χ4v) is 7.21. The number of anilines is 2. The molecule has 1 aliphatic carbocycles. The van der Waals surface area contributed by atoms with Gasteiger partial charge in [0.2, 0.25) is 16.0 Å². The highest BCUT2D eigenvalue weighted by atomic mass is 32.2. The molecule has 0 spiro atoms. The maximum absolute atomic E-state index is 13.2. The van der Waals surface area contributed by atoms with Gasteiger partial charge >= 0.3 is 6.09 Å². The number of amides is 1. The van der Waals surface area contributed by atoms with Crippen molar-refractivity contribution < 1.29 is 17.9 Å². The van der Waals surface area contributed by atoms with Crippen LogP contribution in [0.5, 0.6) is 0 Å². The zero-order chi connectivity index (χ0) is 32.6. The molecule has 1 fully saturated rings. The van der Waals surface area contributed by atoms with Gasteiger partial charge < -0.3 is 20.7 Å². The minimum Gasteiger partial charge on any atom is -0.444 e. The van der Waals surface area contributed by atoms with Gasteiger partial charge in [-0.3, -0.25) is 0 Å². The molecule has 246 valence electrons. The summed E-state index contributed by atoms with van der Waals surface area (Å²) >= 11 is 0. The van der Waals surface area contributed by atoms with Crippen LogP contribution < -0.4 is 20.7 Å². The lowest BCUT2D eigenvalue weighted by Gasteiger charge is -2.28. The van der Waals surface area contributed by atoms with Crippen molar-refractivity contribution in [1.29, 1.82) is 0 Å². The number of para-hydroxylation sites is 1. The van der Waals surface area contributed by atoms with Crippen LogP contribution in [0.15, 0.2) is 71.6 Å². The highest BCUT2D eigenvalue weighted by molar-refractivity contribution is 7.89. The quantitative estimate of drug-likeness (QED) is 0.118. The molecule has 0 atom stereocenters. The number of benzene rings is 3. The lowest BCUT2D eigenvalue weighted by Crippen LogP contribution is -2.33. The minimum absolute atomic E-state index is 0.313. The third kappa shape index (κ3) is 9.29. The molecule has 4 N–H and O–H groups in total. The van der Waals surface area contributed by atoms with Crippen LogP contribution in [-0.2, 0) is 14.8 Å². The minimum atomic E-state index is -3.60. The third-order valence-corrected chi connectivity index (χ3v) is 9.77. The lowest BCUT2D eigenvalue weighted by atomic mass is 9.82. The Morgan fingerprint density at radius 1 is 0.804 bits per heavy atom. The summed E-state index contributed by atoms with van der Waals surface area (Å²) in [6.07, 6.45) is 5.25. The van der Waals surface area contributed by atoms with Crippen molar-refractivity contribution in [2.75, 3.05) is 36.8 Å². The van der Waals surface area contributed by atoms with E-state index in [1.165, 1.54) is 0 Å². The molecule has 0 unspecified atom stereocenters. The predicted molar refractivity (Wildman–Crippen MR) is 185 cm³/mol. The molecule has 1 aromatic heterocycles. The van der Waals surface area contributed by atoms with Gasteiger partial charge in [0, 0.05) is 37.0 Å². The second-order valence-corrected chi connectivity index (χ2v) is 14.8. The number of sulfonamides is 1. The molecule has 10 nitrogen and oxygen atoms in total. The Labute approximate surface area is 272 Å². The van der Waals surface area contributed by atoms with E-state index >= 15 is 0 Å². The molecule has 5 rings (SSSR count). The van der Waals surface area contributed by atoms with Gasteiger partial charge in [-0.05, 0) is 94.7 Å². The van der Waals surface area contributed by atoms with Crippen molar-refractivity contribution in [3.05, 3.63) is 66.7 Å². The van der Waals surface area contributed by atoms with Gasteiger partial charge in [0.25, 0.3) is 0 Å². The number of hydrogen-bond donors (Lipinski definition) is 4. The number of nitrogens with one attached hydrogen (secondary N) is 4. The van der Waals surface area contributed by atoms with E-state index in [2.05, 4.69) is 20.7 Å². The first-order valence-corrected chi connectivity index (χ1v) is 17.7. The Kier molecular flexibility index (Phi) is 11.0. The molecule has 11 heteroatoms. The van der Waals surface area contributed by atoms with Crippen LogP contribution in [-0.4, -0.2) is 56.3 Å². The Morgan fingerprint density at radius 2 is 1.46 bits per heavy atom. The fourth-order valence-electron chi connectivity index (χ4n) is 5.86. The Balaban J connectivity index is 1.07. The zero-order valence-electron chi connectivity index (χ0n) is 27.0. The van der Waals surface area contributed by atoms with Crippen LogP contribution in [0.3, 0.4) is 0 Å². The van der Waals surface area contributed by atoms with Crippen LogP contribution >= 0.6 is 0 Å². The molecule has 0 radical (unpaired) electrons. The van der Waals surface area contributed by atoms with Gasteiger partial charge in [0.15, 0.2) is 0 Å². The average molecular weight is 647 g/mol. The smallest absolute Gasteiger partial charge is 0.407 e. The first-order chi connectivity index (χ1) is 22.1. The largest absolute Gasteiger partial charge is 0.444 e. The number of fused-ring (bicyclic) bond motifs is 2. The van der Waals surface area contributed by atoms with Crippen LogP contribution in [0.4, 0.5) is 16.6 Å². The predicted octanol–water partition coefficient (Wildman–Crippen LogP) is 6.70. The number of carbonyl (C=O) groups excluding carboxylic acids is 1. The lowest BCUT2D eigenvalue weighted by molar-refractivity contribution is 0.0527. The summed E-state index contributed by atoms with van der Waals surface area (Å²) in [6, 6.07) is 20.9. The number of ether oxygens (including phenoxy) is 1. The van der Waals surface area contributed by atoms with Crippen LogP contribution in [0, 0.1) is 11.8 Å². The first-order valence-electron chi connectivity index (χ1n) is 16.3. The van der Waals surface area contributed by atoms with Crippen LogP contribution in [0.25, 0.3) is 21.7 Å². The van der Waals surface area contributed by atoms with Crippen molar-refractivity contribution in [3.63, 3.8) is 0 Å². The van der Waals surface area contributed by atoms with E-state index in [0.717, 1.165) is 72.6 Å². The molecule has 46 heavy (non-hydrogen) atoms. The van der Waals surface area contributed by atoms with Crippen molar-refractivity contribution >= 4 is 49.6 Å². The Bertz CT molecular complexity index is 1730.